The Kier molecular flexibility index (Phi) is 14.6. The summed E-state index contributed by atoms with van der Waals surface area (Å²) >= 11 is 3.50. The number of para-hydroxylation sites is 2. The second-order valence-electron chi connectivity index (χ2n) is 24.3. The topological polar surface area (TPSA) is 129 Å². The summed E-state index contributed by atoms with van der Waals surface area (Å²) in [4.78, 5) is 31.7. The fourth-order valence-electron chi connectivity index (χ4n) is 13.9. The minimum atomic E-state index is -0.922. The molecular formula is C67H74BrN5O9. The molecule has 0 radical (unpaired) electrons. The molecule has 0 amide bonds. The van der Waals surface area contributed by atoms with Crippen molar-refractivity contribution in [2.24, 2.45) is 0 Å². The van der Waals surface area contributed by atoms with Crippen molar-refractivity contribution in [2.45, 2.75) is 159 Å². The maximum absolute atomic E-state index is 12.1. The highest BCUT2D eigenvalue weighted by Gasteiger charge is 2.46. The van der Waals surface area contributed by atoms with Crippen LogP contribution in [0.3, 0.4) is 0 Å². The molecule has 0 atom stereocenters. The molecule has 9 aliphatic rings. The predicted molar refractivity (Wildman–Crippen MR) is 317 cm³/mol. The Morgan fingerprint density at radius 3 is 1.23 bits per heavy atom. The average molecular weight is 1170 g/mol. The fourth-order valence-corrected chi connectivity index (χ4v) is 14.3. The molecule has 428 valence electrons. The lowest BCUT2D eigenvalue weighted by molar-refractivity contribution is -0.231. The van der Waals surface area contributed by atoms with Gasteiger partial charge in [0.15, 0.2) is 5.78 Å². The molecule has 6 fully saturated rings. The second kappa shape index (κ2) is 22.2. The first-order valence-electron chi connectivity index (χ1n) is 30.2. The zero-order valence-electron chi connectivity index (χ0n) is 47.0. The van der Waals surface area contributed by atoms with Crippen LogP contribution in [-0.2, 0) is 34.0 Å². The van der Waals surface area contributed by atoms with E-state index in [0.717, 1.165) is 173 Å². The van der Waals surface area contributed by atoms with E-state index < -0.39 is 17.5 Å². The molecular weight excluding hydrogens is 1100 g/mol. The predicted octanol–water partition coefficient (Wildman–Crippen LogP) is 13.4. The molecule has 0 unspecified atom stereocenters. The minimum absolute atomic E-state index is 0.0785. The van der Waals surface area contributed by atoms with Crippen LogP contribution in [0, 0.1) is 0 Å². The van der Waals surface area contributed by atoms with E-state index in [9.17, 15) is 14.7 Å². The van der Waals surface area contributed by atoms with E-state index in [4.69, 9.17) is 28.4 Å². The molecule has 8 heterocycles. The van der Waals surface area contributed by atoms with Gasteiger partial charge < -0.3 is 42.7 Å². The molecule has 0 bridgehead atoms. The van der Waals surface area contributed by atoms with Crippen LogP contribution in [-0.4, -0.2) is 115 Å². The summed E-state index contributed by atoms with van der Waals surface area (Å²) in [6.45, 7) is 9.75. The summed E-state index contributed by atoms with van der Waals surface area (Å²) in [5.41, 5.74) is 8.09. The van der Waals surface area contributed by atoms with Gasteiger partial charge in [-0.3, -0.25) is 19.5 Å². The number of nitrogens with zero attached hydrogens (tertiary/aromatic N) is 5. The number of ether oxygens (including phenoxy) is 6. The van der Waals surface area contributed by atoms with Gasteiger partial charge >= 0.3 is 5.97 Å². The molecule has 3 saturated carbocycles. The first-order chi connectivity index (χ1) is 40.0. The van der Waals surface area contributed by atoms with Crippen LogP contribution in [0.15, 0.2) is 120 Å². The molecule has 6 aliphatic heterocycles. The van der Waals surface area contributed by atoms with Gasteiger partial charge in [0.05, 0.1) is 36.4 Å². The number of benzene rings is 5. The molecule has 7 aromatic rings. The molecule has 16 rings (SSSR count). The average Bonchev–Trinajstić information content (AvgIpc) is 4.20. The maximum Gasteiger partial charge on any atom is 0.337 e. The Morgan fingerprint density at radius 1 is 0.488 bits per heavy atom. The Balaban J connectivity index is 0.000000113. The van der Waals surface area contributed by atoms with Crippen LogP contribution in [0.1, 0.15) is 141 Å². The SMILES string of the molecule is Brc1ccc2c(c1)COC1(CCN(C3CCC3)CC1)O2.CC(=O)c1cn(-c2ccc3c(c2)COC2(CCN(C4CCC4)CC2)O3)c2ccccc12.O=C(O)c1cn(-c2ccc3c(c2)COC2(CCN(C4CCC4)CC2)O3)c2ccccc12. The lowest BCUT2D eigenvalue weighted by Crippen LogP contribution is -2.54. The smallest absolute Gasteiger partial charge is 0.337 e. The van der Waals surface area contributed by atoms with Crippen LogP contribution < -0.4 is 14.2 Å². The van der Waals surface area contributed by atoms with E-state index in [1.54, 1.807) is 13.1 Å². The van der Waals surface area contributed by atoms with Gasteiger partial charge in [-0.2, -0.15) is 0 Å². The van der Waals surface area contributed by atoms with Crippen LogP contribution in [0.5, 0.6) is 17.2 Å². The van der Waals surface area contributed by atoms with Crippen molar-refractivity contribution in [2.75, 3.05) is 39.3 Å². The number of carboxylic acid groups (broad SMARTS) is 1. The zero-order chi connectivity index (χ0) is 55.6. The second-order valence-corrected chi connectivity index (χ2v) is 25.2. The Bertz CT molecular complexity index is 3340. The number of carbonyl (C=O) groups excluding carboxylic acids is 1. The van der Waals surface area contributed by atoms with E-state index in [1.807, 2.05) is 77.5 Å². The number of rotatable bonds is 7. The van der Waals surface area contributed by atoms with E-state index in [-0.39, 0.29) is 11.6 Å². The number of halogens is 1. The summed E-state index contributed by atoms with van der Waals surface area (Å²) in [7, 11) is 0. The van der Waals surface area contributed by atoms with Crippen molar-refractivity contribution in [3.63, 3.8) is 0 Å². The summed E-state index contributed by atoms with van der Waals surface area (Å²) < 4.78 is 42.9. The number of carboxylic acids is 1. The van der Waals surface area contributed by atoms with E-state index in [2.05, 4.69) is 71.6 Å². The summed E-state index contributed by atoms with van der Waals surface area (Å²) in [5, 5.41) is 11.3. The lowest BCUT2D eigenvalue weighted by atomic mass is 9.89. The Morgan fingerprint density at radius 2 is 0.854 bits per heavy atom. The summed E-state index contributed by atoms with van der Waals surface area (Å²) in [5.74, 6) is 0.599. The third-order valence-electron chi connectivity index (χ3n) is 19.5. The van der Waals surface area contributed by atoms with E-state index in [0.29, 0.717) is 25.4 Å². The summed E-state index contributed by atoms with van der Waals surface area (Å²) in [6, 6.07) is 36.5. The summed E-state index contributed by atoms with van der Waals surface area (Å²) in [6.07, 6.45) is 21.5. The molecule has 5 aromatic carbocycles. The van der Waals surface area contributed by atoms with Gasteiger partial charge in [0.1, 0.15) is 17.2 Å². The van der Waals surface area contributed by atoms with Crippen molar-refractivity contribution in [3.8, 4) is 28.6 Å². The number of aromatic carboxylic acids is 1. The van der Waals surface area contributed by atoms with Gasteiger partial charge in [-0.05, 0) is 112 Å². The maximum atomic E-state index is 12.1. The first kappa shape index (κ1) is 53.9. The third kappa shape index (κ3) is 10.5. The molecule has 82 heavy (non-hydrogen) atoms. The van der Waals surface area contributed by atoms with Gasteiger partial charge in [-0.1, -0.05) is 71.6 Å². The number of Topliss-reactive ketones (excluding diaryl/α,β-unsaturated/α-hetero) is 1. The van der Waals surface area contributed by atoms with Gasteiger partial charge in [-0.15, -0.1) is 0 Å². The number of aromatic nitrogens is 2. The third-order valence-corrected chi connectivity index (χ3v) is 20.0. The zero-order valence-corrected chi connectivity index (χ0v) is 48.6. The number of carbonyl (C=O) groups is 2. The number of hydrogen-bond acceptors (Lipinski definition) is 11. The van der Waals surface area contributed by atoms with E-state index >= 15 is 0 Å². The molecule has 1 N–H and O–H groups in total. The molecule has 3 spiro atoms. The van der Waals surface area contributed by atoms with Crippen molar-refractivity contribution < 1.29 is 43.1 Å². The quantitative estimate of drug-likeness (QED) is 0.153. The van der Waals surface area contributed by atoms with Gasteiger partial charge in [0.25, 0.3) is 0 Å². The Labute approximate surface area is 488 Å². The van der Waals surface area contributed by atoms with Gasteiger partial charge in [-0.25, -0.2) is 4.79 Å². The number of hydrogen-bond donors (Lipinski definition) is 1. The fraction of sp³-hybridized carbons (Fsp3) is 0.463. The molecule has 14 nitrogen and oxygen atoms in total. The standard InChI is InChI=1S/C26H28N2O3.C25H26N2O4.C16H20BrNO2/c1-18(29)23-16-28(24-8-3-2-7-22(23)24)21-9-10-25-19(15-21)17-30-26(31-25)11-13-27(14-12-26)20-5-4-6-20;28-24(29)21-15-27(22-7-2-1-6-20(21)22)19-8-9-23-17(14-19)16-30-25(31-23)10-12-26(13-11-25)18-4-3-5-18;17-13-4-5-15-12(10-13)11-19-16(20-15)6-8-18(9-7-16)14-2-1-3-14/h2-3,7-10,15-16,20H,4-6,11-14,17H2,1H3;1-2,6-9,14-15,18H,3-5,10-13,16H2,(H,28,29);4-5,10,14H,1-3,6-9,11H2. The molecule has 15 heteroatoms. The van der Waals surface area contributed by atoms with Crippen molar-refractivity contribution in [1.82, 2.24) is 23.8 Å². The largest absolute Gasteiger partial charge is 0.478 e. The lowest BCUT2D eigenvalue weighted by Gasteiger charge is -2.47. The van der Waals surface area contributed by atoms with Gasteiger partial charge in [0.2, 0.25) is 17.4 Å². The normalized spacial score (nSPS) is 22.1. The monoisotopic (exact) mass is 1170 g/mol. The number of ketones is 1. The van der Waals surface area contributed by atoms with Crippen molar-refractivity contribution in [1.29, 1.82) is 0 Å². The minimum Gasteiger partial charge on any atom is -0.478 e. The van der Waals surface area contributed by atoms with Crippen LogP contribution in [0.25, 0.3) is 33.2 Å². The van der Waals surface area contributed by atoms with Crippen LogP contribution in [0.2, 0.25) is 0 Å². The molecule has 3 saturated heterocycles. The van der Waals surface area contributed by atoms with Crippen molar-refractivity contribution >= 4 is 49.5 Å². The van der Waals surface area contributed by atoms with Crippen LogP contribution >= 0.6 is 15.9 Å². The van der Waals surface area contributed by atoms with Gasteiger partial charge in [0, 0.05) is 157 Å². The number of piperidine rings is 3. The highest BCUT2D eigenvalue weighted by atomic mass is 79.9. The van der Waals surface area contributed by atoms with E-state index in [1.165, 1.54) is 57.8 Å². The number of fused-ring (bicyclic) bond motifs is 5. The van der Waals surface area contributed by atoms with Crippen molar-refractivity contribution in [3.05, 3.63) is 148 Å². The highest BCUT2D eigenvalue weighted by molar-refractivity contribution is 9.10. The first-order valence-corrected chi connectivity index (χ1v) is 31.0. The molecule has 2 aromatic heterocycles. The highest BCUT2D eigenvalue weighted by Crippen LogP contribution is 2.44. The molecule has 3 aliphatic carbocycles. The Hall–Kier alpha value is -6.04. The van der Waals surface area contributed by atoms with Crippen LogP contribution in [0.4, 0.5) is 0 Å². The number of likely N-dealkylation sites (tertiary alicyclic amines) is 3.